The van der Waals surface area contributed by atoms with Crippen molar-refractivity contribution in [1.29, 1.82) is 0 Å². The molecule has 2 aliphatic rings. The first-order chi connectivity index (χ1) is 14.8. The third-order valence-electron chi connectivity index (χ3n) is 6.13. The first-order valence-electron chi connectivity index (χ1n) is 10.9. The molecule has 30 heavy (non-hydrogen) atoms. The number of hydrogen-bond acceptors (Lipinski definition) is 5. The number of aromatic nitrogens is 5. The summed E-state index contributed by atoms with van der Waals surface area (Å²) in [5.41, 5.74) is 5.34. The van der Waals surface area contributed by atoms with Crippen LogP contribution in [-0.4, -0.2) is 37.7 Å². The average Bonchev–Trinajstić information content (AvgIpc) is 3.35. The zero-order valence-corrected chi connectivity index (χ0v) is 16.9. The van der Waals surface area contributed by atoms with Crippen LogP contribution < -0.4 is 10.2 Å². The Labute approximate surface area is 175 Å². The molecule has 0 bridgehead atoms. The van der Waals surface area contributed by atoms with Gasteiger partial charge in [0.05, 0.1) is 5.69 Å². The molecule has 1 aromatic carbocycles. The highest BCUT2D eigenvalue weighted by Gasteiger charge is 2.25. The lowest BCUT2D eigenvalue weighted by Crippen LogP contribution is -2.29. The van der Waals surface area contributed by atoms with Crippen molar-refractivity contribution in [1.82, 2.24) is 24.6 Å². The minimum Gasteiger partial charge on any atom is -0.372 e. The van der Waals surface area contributed by atoms with Gasteiger partial charge in [0.2, 0.25) is 5.95 Å². The molecule has 1 aliphatic carbocycles. The van der Waals surface area contributed by atoms with E-state index in [1.54, 1.807) is 6.20 Å². The fourth-order valence-electron chi connectivity index (χ4n) is 4.27. The van der Waals surface area contributed by atoms with Gasteiger partial charge in [0.1, 0.15) is 5.65 Å². The third kappa shape index (κ3) is 3.30. The molecular formula is C23H25N7. The smallest absolute Gasteiger partial charge is 0.214 e. The Kier molecular flexibility index (Phi) is 4.18. The summed E-state index contributed by atoms with van der Waals surface area (Å²) >= 11 is 0. The third-order valence-corrected chi connectivity index (χ3v) is 6.13. The summed E-state index contributed by atoms with van der Waals surface area (Å²) in [6, 6.07) is 12.9. The molecule has 6 rings (SSSR count). The van der Waals surface area contributed by atoms with Crippen molar-refractivity contribution in [2.45, 2.75) is 38.0 Å². The Balaban J connectivity index is 1.31. The summed E-state index contributed by atoms with van der Waals surface area (Å²) in [5.74, 6) is 2.14. The van der Waals surface area contributed by atoms with Crippen LogP contribution >= 0.6 is 0 Å². The summed E-state index contributed by atoms with van der Waals surface area (Å²) < 4.78 is 1.96. The highest BCUT2D eigenvalue weighted by atomic mass is 15.3. The molecule has 1 aliphatic heterocycles. The van der Waals surface area contributed by atoms with E-state index < -0.39 is 0 Å². The standard InChI is InChI=1S/C23H25N7/c1-2-11-29(12-3-1)18-8-6-16(7-9-18)19-15-22-24-10-13-30(22)23(25-19)26-21-14-20(27-28-21)17-4-5-17/h6-10,13-15,17H,1-5,11-12H2,(H2,25,26,27,28). The lowest BCUT2D eigenvalue weighted by atomic mass is 10.1. The molecule has 7 heteroatoms. The molecule has 2 N–H and O–H groups in total. The van der Waals surface area contributed by atoms with Crippen LogP contribution in [0.2, 0.25) is 0 Å². The fraction of sp³-hybridized carbons (Fsp3) is 0.348. The van der Waals surface area contributed by atoms with Gasteiger partial charge in [-0.1, -0.05) is 12.1 Å². The number of rotatable bonds is 5. The number of piperidine rings is 1. The molecule has 1 saturated heterocycles. The van der Waals surface area contributed by atoms with Crippen LogP contribution in [0.4, 0.5) is 17.5 Å². The van der Waals surface area contributed by atoms with Gasteiger partial charge in [0.15, 0.2) is 5.82 Å². The molecule has 3 aromatic heterocycles. The predicted octanol–water partition coefficient (Wildman–Crippen LogP) is 4.73. The fourth-order valence-corrected chi connectivity index (χ4v) is 4.27. The van der Waals surface area contributed by atoms with Crippen LogP contribution in [0.1, 0.15) is 43.7 Å². The van der Waals surface area contributed by atoms with Gasteiger partial charge < -0.3 is 10.2 Å². The van der Waals surface area contributed by atoms with Gasteiger partial charge in [-0.05, 0) is 44.2 Å². The van der Waals surface area contributed by atoms with Gasteiger partial charge in [-0.15, -0.1) is 0 Å². The van der Waals surface area contributed by atoms with E-state index in [9.17, 15) is 0 Å². The maximum Gasteiger partial charge on any atom is 0.214 e. The summed E-state index contributed by atoms with van der Waals surface area (Å²) in [7, 11) is 0. The van der Waals surface area contributed by atoms with E-state index >= 15 is 0 Å². The number of anilines is 3. The molecule has 0 radical (unpaired) electrons. The number of hydrogen-bond donors (Lipinski definition) is 2. The van der Waals surface area contributed by atoms with Gasteiger partial charge in [0.25, 0.3) is 0 Å². The van der Waals surface area contributed by atoms with E-state index in [0.29, 0.717) is 11.9 Å². The second kappa shape index (κ2) is 7.16. The number of aromatic amines is 1. The molecule has 4 heterocycles. The summed E-state index contributed by atoms with van der Waals surface area (Å²) in [6.07, 6.45) is 10.1. The molecular weight excluding hydrogens is 374 g/mol. The Morgan fingerprint density at radius 1 is 1.00 bits per heavy atom. The van der Waals surface area contributed by atoms with Crippen molar-refractivity contribution in [3.05, 3.63) is 54.5 Å². The number of nitrogens with zero attached hydrogens (tertiary/aromatic N) is 5. The first kappa shape index (κ1) is 17.5. The van der Waals surface area contributed by atoms with Gasteiger partial charge in [-0.2, -0.15) is 5.10 Å². The highest BCUT2D eigenvalue weighted by molar-refractivity contribution is 5.69. The maximum atomic E-state index is 4.89. The maximum absolute atomic E-state index is 4.89. The molecule has 0 amide bonds. The summed E-state index contributed by atoms with van der Waals surface area (Å²) in [5, 5.41) is 10.9. The topological polar surface area (TPSA) is 74.1 Å². The summed E-state index contributed by atoms with van der Waals surface area (Å²) in [4.78, 5) is 11.9. The van der Waals surface area contributed by atoms with E-state index in [1.165, 1.54) is 43.5 Å². The Hall–Kier alpha value is -3.35. The van der Waals surface area contributed by atoms with Gasteiger partial charge in [-0.3, -0.25) is 9.50 Å². The van der Waals surface area contributed by atoms with Gasteiger partial charge in [-0.25, -0.2) is 9.97 Å². The summed E-state index contributed by atoms with van der Waals surface area (Å²) in [6.45, 7) is 2.30. The molecule has 0 spiro atoms. The zero-order valence-electron chi connectivity index (χ0n) is 16.9. The number of fused-ring (bicyclic) bond motifs is 1. The monoisotopic (exact) mass is 399 g/mol. The minimum atomic E-state index is 0.638. The Morgan fingerprint density at radius 2 is 1.83 bits per heavy atom. The van der Waals surface area contributed by atoms with E-state index in [1.807, 2.05) is 16.7 Å². The second-order valence-electron chi connectivity index (χ2n) is 8.32. The van der Waals surface area contributed by atoms with Crippen LogP contribution in [0, 0.1) is 0 Å². The van der Waals surface area contributed by atoms with Crippen LogP contribution in [0.15, 0.2) is 48.8 Å². The van der Waals surface area contributed by atoms with Crippen LogP contribution in [-0.2, 0) is 0 Å². The lowest BCUT2D eigenvalue weighted by molar-refractivity contribution is 0.578. The van der Waals surface area contributed by atoms with Crippen molar-refractivity contribution in [3.63, 3.8) is 0 Å². The SMILES string of the molecule is c1cn2c(Nc3cc(C4CC4)[nH]n3)nc(-c3ccc(N4CCCCC4)cc3)cc2n1. The quantitative estimate of drug-likeness (QED) is 0.507. The van der Waals surface area contributed by atoms with Gasteiger partial charge >= 0.3 is 0 Å². The predicted molar refractivity (Wildman–Crippen MR) is 118 cm³/mol. The zero-order chi connectivity index (χ0) is 19.9. The molecule has 4 aromatic rings. The van der Waals surface area contributed by atoms with E-state index in [2.05, 4.69) is 55.7 Å². The largest absolute Gasteiger partial charge is 0.372 e. The van der Waals surface area contributed by atoms with Crippen LogP contribution in [0.3, 0.4) is 0 Å². The van der Waals surface area contributed by atoms with Gasteiger partial charge in [0, 0.05) is 60.5 Å². The molecule has 1 saturated carbocycles. The van der Waals surface area contributed by atoms with Crippen LogP contribution in [0.25, 0.3) is 16.9 Å². The van der Waals surface area contributed by atoms with Crippen molar-refractivity contribution in [2.24, 2.45) is 0 Å². The number of benzene rings is 1. The minimum absolute atomic E-state index is 0.638. The average molecular weight is 400 g/mol. The number of imidazole rings is 1. The second-order valence-corrected chi connectivity index (χ2v) is 8.32. The first-order valence-corrected chi connectivity index (χ1v) is 10.9. The molecule has 7 nitrogen and oxygen atoms in total. The Morgan fingerprint density at radius 3 is 2.63 bits per heavy atom. The number of H-pyrrole nitrogens is 1. The van der Waals surface area contributed by atoms with Crippen molar-refractivity contribution in [3.8, 4) is 11.3 Å². The molecule has 0 atom stereocenters. The molecule has 152 valence electrons. The lowest BCUT2D eigenvalue weighted by Gasteiger charge is -2.28. The normalized spacial score (nSPS) is 16.9. The number of nitrogens with one attached hydrogen (secondary N) is 2. The van der Waals surface area contributed by atoms with E-state index in [0.717, 1.165) is 35.8 Å². The van der Waals surface area contributed by atoms with Crippen LogP contribution in [0.5, 0.6) is 0 Å². The van der Waals surface area contributed by atoms with Crippen molar-refractivity contribution >= 4 is 23.1 Å². The highest BCUT2D eigenvalue weighted by Crippen LogP contribution is 2.39. The van der Waals surface area contributed by atoms with Crippen molar-refractivity contribution < 1.29 is 0 Å². The van der Waals surface area contributed by atoms with Crippen molar-refractivity contribution in [2.75, 3.05) is 23.3 Å². The van der Waals surface area contributed by atoms with E-state index in [4.69, 9.17) is 4.98 Å². The Bertz CT molecular complexity index is 1160. The molecule has 2 fully saturated rings. The molecule has 0 unspecified atom stereocenters. The van der Waals surface area contributed by atoms with E-state index in [-0.39, 0.29) is 0 Å².